The molecular formula is C20H28N4O. The molecule has 1 aliphatic rings. The van der Waals surface area contributed by atoms with Gasteiger partial charge in [0.15, 0.2) is 0 Å². The van der Waals surface area contributed by atoms with Crippen LogP contribution in [0.2, 0.25) is 0 Å². The Labute approximate surface area is 149 Å². The summed E-state index contributed by atoms with van der Waals surface area (Å²) in [5.41, 5.74) is 4.69. The smallest absolute Gasteiger partial charge is 0.269 e. The van der Waals surface area contributed by atoms with Crippen molar-refractivity contribution in [3.63, 3.8) is 0 Å². The Hall–Kier alpha value is -2.17. The maximum atomic E-state index is 12.5. The summed E-state index contributed by atoms with van der Waals surface area (Å²) in [4.78, 5) is 16.8. The van der Waals surface area contributed by atoms with Gasteiger partial charge in [-0.1, -0.05) is 32.1 Å². The van der Waals surface area contributed by atoms with Gasteiger partial charge in [0.1, 0.15) is 5.69 Å². The summed E-state index contributed by atoms with van der Waals surface area (Å²) in [7, 11) is 1.92. The van der Waals surface area contributed by atoms with Crippen LogP contribution in [0.3, 0.4) is 0 Å². The normalized spacial score (nSPS) is 15.3. The molecule has 0 bridgehead atoms. The molecule has 5 heteroatoms. The number of amides is 1. The molecule has 0 atom stereocenters. The third kappa shape index (κ3) is 4.09. The number of nitrogens with zero attached hydrogens (tertiary/aromatic N) is 3. The van der Waals surface area contributed by atoms with Gasteiger partial charge < -0.3 is 5.32 Å². The van der Waals surface area contributed by atoms with Crippen LogP contribution in [0.15, 0.2) is 18.5 Å². The number of aromatic nitrogens is 3. The largest absolute Gasteiger partial charge is 0.351 e. The maximum absolute atomic E-state index is 12.5. The average Bonchev–Trinajstić information content (AvgIpc) is 2.95. The number of aryl methyl sites for hydroxylation is 2. The van der Waals surface area contributed by atoms with Crippen molar-refractivity contribution in [3.8, 4) is 11.1 Å². The molecule has 1 fully saturated rings. The van der Waals surface area contributed by atoms with Crippen molar-refractivity contribution in [1.82, 2.24) is 20.1 Å². The van der Waals surface area contributed by atoms with Crippen LogP contribution in [0, 0.1) is 19.8 Å². The van der Waals surface area contributed by atoms with E-state index in [2.05, 4.69) is 15.4 Å². The van der Waals surface area contributed by atoms with Crippen LogP contribution < -0.4 is 5.32 Å². The number of carbonyl (C=O) groups is 1. The summed E-state index contributed by atoms with van der Waals surface area (Å²) in [6, 6.07) is 1.88. The zero-order valence-corrected chi connectivity index (χ0v) is 15.5. The topological polar surface area (TPSA) is 59.8 Å². The van der Waals surface area contributed by atoms with E-state index < -0.39 is 0 Å². The van der Waals surface area contributed by atoms with Gasteiger partial charge in [0, 0.05) is 31.0 Å². The zero-order valence-electron chi connectivity index (χ0n) is 15.5. The Kier molecular flexibility index (Phi) is 5.51. The van der Waals surface area contributed by atoms with Gasteiger partial charge in [0.2, 0.25) is 0 Å². The fourth-order valence-electron chi connectivity index (χ4n) is 3.66. The number of hydrogen-bond acceptors (Lipinski definition) is 3. The molecule has 134 valence electrons. The molecular weight excluding hydrogens is 312 g/mol. The Morgan fingerprint density at radius 3 is 2.64 bits per heavy atom. The predicted molar refractivity (Wildman–Crippen MR) is 99.4 cm³/mol. The monoisotopic (exact) mass is 340 g/mol. The molecule has 1 aliphatic carbocycles. The van der Waals surface area contributed by atoms with Crippen molar-refractivity contribution < 1.29 is 4.79 Å². The third-order valence-electron chi connectivity index (χ3n) is 5.42. The first-order chi connectivity index (χ1) is 12.1. The Morgan fingerprint density at radius 1 is 1.20 bits per heavy atom. The first kappa shape index (κ1) is 17.6. The van der Waals surface area contributed by atoms with Crippen LogP contribution in [0.25, 0.3) is 11.1 Å². The lowest BCUT2D eigenvalue weighted by Crippen LogP contribution is -2.27. The van der Waals surface area contributed by atoms with E-state index in [4.69, 9.17) is 0 Å². The summed E-state index contributed by atoms with van der Waals surface area (Å²) in [5.74, 6) is 0.687. The van der Waals surface area contributed by atoms with Gasteiger partial charge in [0.25, 0.3) is 5.91 Å². The number of nitrogens with one attached hydrogen (secondary N) is 1. The van der Waals surface area contributed by atoms with Crippen molar-refractivity contribution in [2.45, 2.75) is 52.4 Å². The van der Waals surface area contributed by atoms with Crippen molar-refractivity contribution in [2.75, 3.05) is 6.54 Å². The fraction of sp³-hybridized carbons (Fsp3) is 0.550. The van der Waals surface area contributed by atoms with Gasteiger partial charge >= 0.3 is 0 Å². The fourth-order valence-corrected chi connectivity index (χ4v) is 3.66. The van der Waals surface area contributed by atoms with Crippen LogP contribution in [0.1, 0.15) is 60.3 Å². The molecule has 0 aliphatic heterocycles. The van der Waals surface area contributed by atoms with Crippen LogP contribution >= 0.6 is 0 Å². The van der Waals surface area contributed by atoms with E-state index in [-0.39, 0.29) is 5.91 Å². The van der Waals surface area contributed by atoms with Gasteiger partial charge in [-0.25, -0.2) is 0 Å². The van der Waals surface area contributed by atoms with Gasteiger partial charge in [0.05, 0.1) is 6.20 Å². The molecule has 0 spiro atoms. The third-order valence-corrected chi connectivity index (χ3v) is 5.42. The first-order valence-electron chi connectivity index (χ1n) is 9.30. The van der Waals surface area contributed by atoms with Gasteiger partial charge in [-0.15, -0.1) is 0 Å². The van der Waals surface area contributed by atoms with Crippen LogP contribution in [0.5, 0.6) is 0 Å². The lowest BCUT2D eigenvalue weighted by molar-refractivity contribution is 0.0945. The van der Waals surface area contributed by atoms with Gasteiger partial charge in [-0.05, 0) is 43.4 Å². The highest BCUT2D eigenvalue weighted by atomic mass is 16.1. The lowest BCUT2D eigenvalue weighted by atomic mass is 9.87. The average molecular weight is 340 g/mol. The predicted octanol–water partition coefficient (Wildman–Crippen LogP) is 3.80. The summed E-state index contributed by atoms with van der Waals surface area (Å²) in [5, 5.41) is 7.35. The molecule has 5 nitrogen and oxygen atoms in total. The van der Waals surface area contributed by atoms with Crippen molar-refractivity contribution in [3.05, 3.63) is 35.4 Å². The van der Waals surface area contributed by atoms with Gasteiger partial charge in [-0.2, -0.15) is 5.10 Å². The van der Waals surface area contributed by atoms with E-state index in [9.17, 15) is 4.79 Å². The molecule has 25 heavy (non-hydrogen) atoms. The second-order valence-corrected chi connectivity index (χ2v) is 7.20. The summed E-state index contributed by atoms with van der Waals surface area (Å²) in [6.45, 7) is 4.78. The molecule has 0 unspecified atom stereocenters. The van der Waals surface area contributed by atoms with Crippen molar-refractivity contribution >= 4 is 5.91 Å². The van der Waals surface area contributed by atoms with Gasteiger partial charge in [-0.3, -0.25) is 14.5 Å². The molecule has 0 aromatic carbocycles. The Morgan fingerprint density at radius 2 is 1.96 bits per heavy atom. The van der Waals surface area contributed by atoms with E-state index in [1.54, 1.807) is 6.20 Å². The molecule has 2 aromatic heterocycles. The van der Waals surface area contributed by atoms with Crippen LogP contribution in [0.4, 0.5) is 0 Å². The molecule has 1 amide bonds. The minimum absolute atomic E-state index is 0.0846. The van der Waals surface area contributed by atoms with E-state index in [1.165, 1.54) is 32.1 Å². The van der Waals surface area contributed by atoms with Crippen LogP contribution in [-0.4, -0.2) is 27.2 Å². The highest BCUT2D eigenvalue weighted by molar-refractivity contribution is 5.93. The zero-order chi connectivity index (χ0) is 17.8. The molecule has 2 aromatic rings. The summed E-state index contributed by atoms with van der Waals surface area (Å²) in [6.07, 6.45) is 11.4. The standard InChI is InChI=1S/C20H28N4O/c1-14-12-22-19(11-17(14)18-13-23-24(3)15(18)2)20(25)21-10-9-16-7-5-4-6-8-16/h11-13,16H,4-10H2,1-3H3,(H,21,25). The number of pyridine rings is 1. The lowest BCUT2D eigenvalue weighted by Gasteiger charge is -2.21. The van der Waals surface area contributed by atoms with Crippen LogP contribution in [-0.2, 0) is 7.05 Å². The maximum Gasteiger partial charge on any atom is 0.269 e. The molecule has 1 N–H and O–H groups in total. The molecule has 2 heterocycles. The number of hydrogen-bond donors (Lipinski definition) is 1. The number of carbonyl (C=O) groups excluding carboxylic acids is 1. The SMILES string of the molecule is Cc1cnc(C(=O)NCCC2CCCCC2)cc1-c1cnn(C)c1C. The first-order valence-corrected chi connectivity index (χ1v) is 9.30. The van der Waals surface area contributed by atoms with E-state index in [0.29, 0.717) is 5.69 Å². The highest BCUT2D eigenvalue weighted by Gasteiger charge is 2.16. The molecule has 0 saturated heterocycles. The highest BCUT2D eigenvalue weighted by Crippen LogP contribution is 2.27. The van der Waals surface area contributed by atoms with Crippen molar-refractivity contribution in [2.24, 2.45) is 13.0 Å². The second-order valence-electron chi connectivity index (χ2n) is 7.20. The Bertz CT molecular complexity index is 744. The summed E-state index contributed by atoms with van der Waals surface area (Å²) >= 11 is 0. The minimum Gasteiger partial charge on any atom is -0.351 e. The molecule has 3 rings (SSSR count). The van der Waals surface area contributed by atoms with E-state index in [1.807, 2.05) is 37.8 Å². The molecule has 1 saturated carbocycles. The Balaban J connectivity index is 1.66. The number of rotatable bonds is 5. The van der Waals surface area contributed by atoms with E-state index in [0.717, 1.165) is 41.3 Å². The second kappa shape index (κ2) is 7.81. The van der Waals surface area contributed by atoms with E-state index >= 15 is 0 Å². The molecule has 0 radical (unpaired) electrons. The minimum atomic E-state index is -0.0846. The quantitative estimate of drug-likeness (QED) is 0.900. The van der Waals surface area contributed by atoms with Crippen molar-refractivity contribution in [1.29, 1.82) is 0 Å². The summed E-state index contributed by atoms with van der Waals surface area (Å²) < 4.78 is 1.85.